The molecule has 0 bridgehead atoms. The average Bonchev–Trinajstić information content (AvgIpc) is 2.68. The molecule has 0 saturated heterocycles. The first-order valence-electron chi connectivity index (χ1n) is 9.93. The number of hydrogen-bond donors (Lipinski definition) is 0. The molecule has 0 amide bonds. The minimum Gasteiger partial charge on any atom is -0.490 e. The summed E-state index contributed by atoms with van der Waals surface area (Å²) in [6, 6.07) is 7.96. The van der Waals surface area contributed by atoms with E-state index in [-0.39, 0.29) is 34.7 Å². The van der Waals surface area contributed by atoms with Gasteiger partial charge in [-0.2, -0.15) is 0 Å². The van der Waals surface area contributed by atoms with Crippen LogP contribution in [0, 0.1) is 23.0 Å². The number of rotatable bonds is 2. The molecule has 0 aromatic heterocycles. The molecule has 3 nitrogen and oxygen atoms in total. The second kappa shape index (κ2) is 6.42. The molecule has 5 rings (SSSR count). The van der Waals surface area contributed by atoms with E-state index in [1.54, 1.807) is 0 Å². The number of halogens is 3. The van der Waals surface area contributed by atoms with Gasteiger partial charge in [-0.3, -0.25) is 0 Å². The number of ether oxygens (including phenoxy) is 1. The Hall–Kier alpha value is -1.66. The zero-order valence-electron chi connectivity index (χ0n) is 15.8. The molecule has 2 saturated carbocycles. The number of fused-ring (bicyclic) bond motifs is 4. The van der Waals surface area contributed by atoms with Crippen molar-refractivity contribution in [2.24, 2.45) is 11.3 Å². The normalized spacial score (nSPS) is 27.5. The van der Waals surface area contributed by atoms with E-state index in [2.05, 4.69) is 0 Å². The van der Waals surface area contributed by atoms with Crippen LogP contribution in [0.5, 0.6) is 5.75 Å². The molecule has 1 heterocycles. The van der Waals surface area contributed by atoms with Gasteiger partial charge in [0, 0.05) is 10.9 Å². The zero-order valence-corrected chi connectivity index (χ0v) is 17.3. The fourth-order valence-electron chi connectivity index (χ4n) is 5.90. The quantitative estimate of drug-likeness (QED) is 0.608. The van der Waals surface area contributed by atoms with Crippen molar-refractivity contribution in [2.75, 3.05) is 6.61 Å². The van der Waals surface area contributed by atoms with Crippen LogP contribution in [0.1, 0.15) is 44.1 Å². The Bertz CT molecular complexity index is 1080. The lowest BCUT2D eigenvalue weighted by Crippen LogP contribution is -2.60. The fourth-order valence-corrected chi connectivity index (χ4v) is 8.51. The molecule has 1 spiro atoms. The first-order chi connectivity index (χ1) is 13.8. The van der Waals surface area contributed by atoms with E-state index in [9.17, 15) is 12.8 Å². The van der Waals surface area contributed by atoms with E-state index < -0.39 is 32.1 Å². The van der Waals surface area contributed by atoms with Crippen molar-refractivity contribution < 1.29 is 21.9 Å². The van der Waals surface area contributed by atoms with Crippen molar-refractivity contribution in [2.45, 2.75) is 48.2 Å². The van der Waals surface area contributed by atoms with E-state index in [0.29, 0.717) is 11.4 Å². The van der Waals surface area contributed by atoms with Gasteiger partial charge < -0.3 is 4.74 Å². The maximum atomic E-state index is 15.2. The van der Waals surface area contributed by atoms with Gasteiger partial charge in [-0.05, 0) is 67.5 Å². The van der Waals surface area contributed by atoms with Crippen molar-refractivity contribution in [1.82, 2.24) is 0 Å². The standard InChI is InChI=1S/C22H21ClF2O3S/c23-14-3-5-15(6-4-14)29(26,27)22-12-2-11-21(9-1-10-21)18(22)13-28-20-17(25)8-7-16(24)19(20)22/h3-8,18H,1-2,9-13H2/t18-,22-/m0/s1. The lowest BCUT2D eigenvalue weighted by atomic mass is 9.51. The molecule has 0 unspecified atom stereocenters. The number of hydrogen-bond acceptors (Lipinski definition) is 3. The van der Waals surface area contributed by atoms with Gasteiger partial charge in [0.05, 0.1) is 17.1 Å². The molecule has 2 fully saturated rings. The van der Waals surface area contributed by atoms with Crippen LogP contribution < -0.4 is 4.74 Å². The summed E-state index contributed by atoms with van der Waals surface area (Å²) in [6.07, 6.45) is 4.60. The van der Waals surface area contributed by atoms with Crippen LogP contribution >= 0.6 is 11.6 Å². The maximum Gasteiger partial charge on any atom is 0.188 e. The highest BCUT2D eigenvalue weighted by atomic mass is 35.5. The van der Waals surface area contributed by atoms with Crippen molar-refractivity contribution in [1.29, 1.82) is 0 Å². The molecule has 0 radical (unpaired) electrons. The summed E-state index contributed by atoms with van der Waals surface area (Å²) in [5.41, 5.74) is -0.330. The maximum absolute atomic E-state index is 15.2. The third-order valence-electron chi connectivity index (χ3n) is 7.35. The van der Waals surface area contributed by atoms with E-state index >= 15 is 4.39 Å². The monoisotopic (exact) mass is 438 g/mol. The molecule has 2 atom stereocenters. The van der Waals surface area contributed by atoms with Crippen LogP contribution in [-0.4, -0.2) is 15.0 Å². The Morgan fingerprint density at radius 2 is 1.55 bits per heavy atom. The molecule has 1 aliphatic heterocycles. The van der Waals surface area contributed by atoms with Gasteiger partial charge in [-0.15, -0.1) is 0 Å². The Labute approximate surface area is 173 Å². The molecule has 3 aliphatic rings. The number of benzene rings is 2. The molecule has 154 valence electrons. The first-order valence-corrected chi connectivity index (χ1v) is 11.8. The second-order valence-corrected chi connectivity index (χ2v) is 11.2. The van der Waals surface area contributed by atoms with Crippen LogP contribution in [0.3, 0.4) is 0 Å². The highest BCUT2D eigenvalue weighted by molar-refractivity contribution is 7.92. The molecule has 2 aromatic rings. The van der Waals surface area contributed by atoms with Crippen LogP contribution in [0.25, 0.3) is 0 Å². The van der Waals surface area contributed by atoms with E-state index in [4.69, 9.17) is 16.3 Å². The molecular weight excluding hydrogens is 418 g/mol. The summed E-state index contributed by atoms with van der Waals surface area (Å²) >= 11 is 5.96. The summed E-state index contributed by atoms with van der Waals surface area (Å²) in [5.74, 6) is -2.11. The summed E-state index contributed by atoms with van der Waals surface area (Å²) in [7, 11) is -4.05. The smallest absolute Gasteiger partial charge is 0.188 e. The fraction of sp³-hybridized carbons (Fsp3) is 0.455. The van der Waals surface area contributed by atoms with Gasteiger partial charge in [0.25, 0.3) is 0 Å². The minimum absolute atomic E-state index is 0.0831. The molecule has 7 heteroatoms. The molecule has 29 heavy (non-hydrogen) atoms. The molecule has 0 N–H and O–H groups in total. The predicted molar refractivity (Wildman–Crippen MR) is 106 cm³/mol. The van der Waals surface area contributed by atoms with Gasteiger partial charge in [-0.1, -0.05) is 24.4 Å². The van der Waals surface area contributed by atoms with Crippen LogP contribution in [0.4, 0.5) is 8.78 Å². The van der Waals surface area contributed by atoms with Crippen molar-refractivity contribution in [3.8, 4) is 5.75 Å². The Kier molecular flexibility index (Phi) is 4.27. The Morgan fingerprint density at radius 1 is 0.931 bits per heavy atom. The zero-order chi connectivity index (χ0) is 20.4. The average molecular weight is 439 g/mol. The summed E-state index contributed by atoms with van der Waals surface area (Å²) in [5, 5.41) is 0.418. The van der Waals surface area contributed by atoms with Gasteiger partial charge in [0.1, 0.15) is 10.6 Å². The third kappa shape index (κ3) is 2.48. The Morgan fingerprint density at radius 3 is 2.21 bits per heavy atom. The van der Waals surface area contributed by atoms with Gasteiger partial charge >= 0.3 is 0 Å². The molecule has 2 aliphatic carbocycles. The van der Waals surface area contributed by atoms with Crippen LogP contribution in [0.15, 0.2) is 41.3 Å². The SMILES string of the molecule is O=S(=O)(c1ccc(Cl)cc1)[C@@]12CCCC3(CCC3)[C@@H]1COc1c(F)ccc(F)c12. The van der Waals surface area contributed by atoms with Gasteiger partial charge in [-0.25, -0.2) is 17.2 Å². The minimum atomic E-state index is -4.05. The summed E-state index contributed by atoms with van der Waals surface area (Å²) < 4.78 is 62.2. The van der Waals surface area contributed by atoms with Gasteiger partial charge in [0.15, 0.2) is 21.4 Å². The first kappa shape index (κ1) is 19.3. The topological polar surface area (TPSA) is 43.4 Å². The second-order valence-electron chi connectivity index (χ2n) is 8.51. The van der Waals surface area contributed by atoms with Crippen molar-refractivity contribution in [3.63, 3.8) is 0 Å². The lowest BCUT2D eigenvalue weighted by Gasteiger charge is -2.59. The predicted octanol–water partition coefficient (Wildman–Crippen LogP) is 5.65. The van der Waals surface area contributed by atoms with Crippen molar-refractivity contribution in [3.05, 3.63) is 58.6 Å². The lowest BCUT2D eigenvalue weighted by molar-refractivity contribution is -0.0552. The third-order valence-corrected chi connectivity index (χ3v) is 10.2. The highest BCUT2D eigenvalue weighted by Crippen LogP contribution is 2.66. The largest absolute Gasteiger partial charge is 0.490 e. The highest BCUT2D eigenvalue weighted by Gasteiger charge is 2.66. The van der Waals surface area contributed by atoms with E-state index in [1.807, 2.05) is 0 Å². The summed E-state index contributed by atoms with van der Waals surface area (Å²) in [6.45, 7) is 0.0835. The van der Waals surface area contributed by atoms with Crippen LogP contribution in [0.2, 0.25) is 5.02 Å². The number of sulfone groups is 1. The van der Waals surface area contributed by atoms with E-state index in [0.717, 1.165) is 37.8 Å². The van der Waals surface area contributed by atoms with Gasteiger partial charge in [0.2, 0.25) is 0 Å². The molecular formula is C22H21ClF2O3S. The molecule has 2 aromatic carbocycles. The Balaban J connectivity index is 1.82. The summed E-state index contributed by atoms with van der Waals surface area (Å²) in [4.78, 5) is 0.0831. The van der Waals surface area contributed by atoms with Crippen LogP contribution in [-0.2, 0) is 14.6 Å². The van der Waals surface area contributed by atoms with E-state index in [1.165, 1.54) is 24.3 Å². The van der Waals surface area contributed by atoms with Crippen molar-refractivity contribution >= 4 is 21.4 Å².